The molecule has 2 aromatic rings. The van der Waals surface area contributed by atoms with Gasteiger partial charge in [0.2, 0.25) is 0 Å². The van der Waals surface area contributed by atoms with E-state index in [1.165, 1.54) is 141 Å². The fourth-order valence-corrected chi connectivity index (χ4v) is 9.25. The van der Waals surface area contributed by atoms with E-state index in [0.717, 1.165) is 49.7 Å². The molecule has 0 saturated heterocycles. The minimum atomic E-state index is -0.471. The quantitative estimate of drug-likeness (QED) is 0.0280. The van der Waals surface area contributed by atoms with Crippen molar-refractivity contribution < 1.29 is 38.1 Å². The molecule has 4 atom stereocenters. The number of carbonyl (C=O) groups is 4. The van der Waals surface area contributed by atoms with Gasteiger partial charge in [0, 0.05) is 5.41 Å². The summed E-state index contributed by atoms with van der Waals surface area (Å²) in [7, 11) is 0. The molecule has 0 aliphatic rings. The lowest BCUT2D eigenvalue weighted by atomic mass is 9.78. The summed E-state index contributed by atoms with van der Waals surface area (Å²) in [4.78, 5) is 51.5. The third kappa shape index (κ3) is 30.7. The van der Waals surface area contributed by atoms with Gasteiger partial charge >= 0.3 is 23.9 Å². The second-order valence-corrected chi connectivity index (χ2v) is 21.8. The molecule has 0 bridgehead atoms. The molecule has 73 heavy (non-hydrogen) atoms. The Morgan fingerprint density at radius 1 is 0.384 bits per heavy atom. The second kappa shape index (κ2) is 41.1. The molecule has 0 fully saturated rings. The fraction of sp³-hybridized carbons (Fsp3) is 0.692. The van der Waals surface area contributed by atoms with Crippen molar-refractivity contribution in [1.29, 1.82) is 0 Å². The molecular formula is C65H104O8. The van der Waals surface area contributed by atoms with E-state index in [1.807, 2.05) is 38.1 Å². The van der Waals surface area contributed by atoms with Gasteiger partial charge < -0.3 is 18.9 Å². The van der Waals surface area contributed by atoms with Gasteiger partial charge in [0.05, 0.1) is 36.9 Å². The second-order valence-electron chi connectivity index (χ2n) is 21.8. The van der Waals surface area contributed by atoms with Crippen LogP contribution < -0.4 is 9.47 Å². The molecule has 412 valence electrons. The maximum Gasteiger partial charge on any atom is 0.314 e. The topological polar surface area (TPSA) is 105 Å². The Balaban J connectivity index is 1.61. The maximum atomic E-state index is 13.0. The predicted molar refractivity (Wildman–Crippen MR) is 303 cm³/mol. The third-order valence-corrected chi connectivity index (χ3v) is 14.4. The van der Waals surface area contributed by atoms with Crippen LogP contribution in [0.25, 0.3) is 0 Å². The fourth-order valence-electron chi connectivity index (χ4n) is 9.25. The number of ether oxygens (including phenoxy) is 4. The van der Waals surface area contributed by atoms with Gasteiger partial charge in [-0.15, -0.1) is 0 Å². The van der Waals surface area contributed by atoms with Crippen LogP contribution in [0, 0.1) is 23.7 Å². The van der Waals surface area contributed by atoms with Crippen molar-refractivity contribution in [2.24, 2.45) is 23.7 Å². The minimum Gasteiger partial charge on any atom is -0.465 e. The summed E-state index contributed by atoms with van der Waals surface area (Å²) >= 11 is 0. The molecule has 0 radical (unpaired) electrons. The van der Waals surface area contributed by atoms with E-state index in [1.54, 1.807) is 38.1 Å². The average Bonchev–Trinajstić information content (AvgIpc) is 3.38. The molecule has 0 saturated carbocycles. The first-order valence-electron chi connectivity index (χ1n) is 29.6. The SMILES string of the molecule is CCCCCCCC/C=C\CCCCCCCCOC(=O)C(C)CC(C)C(=O)Oc1ccc(C(C)(C)c2ccc(OC(=O)C(C)CC(C)C(=O)OCCCCCCCC/C=C\CCCCCCCC)cc2)cc1. The van der Waals surface area contributed by atoms with E-state index in [-0.39, 0.29) is 23.9 Å². The zero-order valence-corrected chi connectivity index (χ0v) is 47.6. The Morgan fingerprint density at radius 3 is 0.945 bits per heavy atom. The van der Waals surface area contributed by atoms with Crippen LogP contribution in [0.3, 0.4) is 0 Å². The normalized spacial score (nSPS) is 13.5. The number of hydrogen-bond acceptors (Lipinski definition) is 8. The maximum absolute atomic E-state index is 13.0. The molecule has 0 aliphatic heterocycles. The number of hydrogen-bond donors (Lipinski definition) is 0. The Labute approximate surface area is 446 Å². The average molecular weight is 1010 g/mol. The first-order chi connectivity index (χ1) is 35.3. The van der Waals surface area contributed by atoms with Crippen LogP contribution in [0.5, 0.6) is 11.5 Å². The van der Waals surface area contributed by atoms with Crippen LogP contribution in [-0.4, -0.2) is 37.1 Å². The van der Waals surface area contributed by atoms with Gasteiger partial charge in [0.15, 0.2) is 0 Å². The van der Waals surface area contributed by atoms with Crippen LogP contribution in [0.15, 0.2) is 72.8 Å². The number of allylic oxidation sites excluding steroid dienone is 4. The monoisotopic (exact) mass is 1010 g/mol. The van der Waals surface area contributed by atoms with E-state index in [4.69, 9.17) is 18.9 Å². The third-order valence-electron chi connectivity index (χ3n) is 14.4. The van der Waals surface area contributed by atoms with Gasteiger partial charge in [0.1, 0.15) is 11.5 Å². The standard InChI is InChI=1S/C65H104O8/c1-9-11-13-15-17-19-21-23-25-27-29-31-33-35-37-39-49-70-61(66)53(3)51-55(5)63(68)72-59-45-41-57(42-46-59)65(7,8)58-43-47-60(48-44-58)73-64(69)56(6)52-54(4)62(67)71-50-40-38-36-34-32-30-28-26-24-22-20-18-16-14-12-10-2/h23-26,41-48,53-56H,9-22,27-40,49-52H2,1-8H3/b25-23-,26-24-. The number of rotatable bonds is 44. The summed E-state index contributed by atoms with van der Waals surface area (Å²) in [6, 6.07) is 15.0. The Morgan fingerprint density at radius 2 is 0.644 bits per heavy atom. The summed E-state index contributed by atoms with van der Waals surface area (Å²) in [6.45, 7) is 16.8. The molecule has 2 rings (SSSR count). The smallest absolute Gasteiger partial charge is 0.314 e. The molecule has 0 spiro atoms. The highest BCUT2D eigenvalue weighted by molar-refractivity contribution is 5.78. The number of unbranched alkanes of at least 4 members (excludes halogenated alkanes) is 24. The molecule has 0 aliphatic carbocycles. The number of benzene rings is 2. The summed E-state index contributed by atoms with van der Waals surface area (Å²) in [5, 5.41) is 0. The summed E-state index contributed by atoms with van der Waals surface area (Å²) < 4.78 is 22.6. The minimum absolute atomic E-state index is 0.266. The van der Waals surface area contributed by atoms with Gasteiger partial charge in [-0.25, -0.2) is 0 Å². The summed E-state index contributed by atoms with van der Waals surface area (Å²) in [5.41, 5.74) is 1.64. The lowest BCUT2D eigenvalue weighted by Gasteiger charge is -2.26. The van der Waals surface area contributed by atoms with Gasteiger partial charge in [-0.3, -0.25) is 19.2 Å². The van der Waals surface area contributed by atoms with E-state index in [0.29, 0.717) is 37.6 Å². The number of carbonyl (C=O) groups excluding carboxylic acids is 4. The van der Waals surface area contributed by atoms with Crippen molar-refractivity contribution in [2.75, 3.05) is 13.2 Å². The molecule has 8 nitrogen and oxygen atoms in total. The zero-order chi connectivity index (χ0) is 53.4. The van der Waals surface area contributed by atoms with Crippen LogP contribution >= 0.6 is 0 Å². The number of esters is 4. The summed E-state index contributed by atoms with van der Waals surface area (Å²) in [6.07, 6.45) is 44.7. The zero-order valence-electron chi connectivity index (χ0n) is 47.6. The van der Waals surface area contributed by atoms with Crippen LogP contribution in [0.4, 0.5) is 0 Å². The van der Waals surface area contributed by atoms with Crippen molar-refractivity contribution in [1.82, 2.24) is 0 Å². The molecule has 8 heteroatoms. The van der Waals surface area contributed by atoms with Gasteiger partial charge in [-0.05, 0) is 112 Å². The Hall–Kier alpha value is -4.20. The van der Waals surface area contributed by atoms with Crippen molar-refractivity contribution in [3.8, 4) is 11.5 Å². The van der Waals surface area contributed by atoms with Gasteiger partial charge in [-0.1, -0.05) is 220 Å². The van der Waals surface area contributed by atoms with E-state index in [9.17, 15) is 19.2 Å². The largest absolute Gasteiger partial charge is 0.465 e. The molecule has 0 aromatic heterocycles. The van der Waals surface area contributed by atoms with Crippen molar-refractivity contribution in [2.45, 2.75) is 253 Å². The molecule has 0 N–H and O–H groups in total. The summed E-state index contributed by atoms with van der Waals surface area (Å²) in [5.74, 6) is -2.15. The van der Waals surface area contributed by atoms with Crippen molar-refractivity contribution >= 4 is 23.9 Å². The molecule has 4 unspecified atom stereocenters. The lowest BCUT2D eigenvalue weighted by Crippen LogP contribution is -2.24. The molecular weight excluding hydrogens is 909 g/mol. The van der Waals surface area contributed by atoms with E-state index < -0.39 is 29.1 Å². The van der Waals surface area contributed by atoms with Crippen LogP contribution in [0.1, 0.15) is 259 Å². The Kier molecular flexibility index (Phi) is 36.5. The van der Waals surface area contributed by atoms with Crippen LogP contribution in [0.2, 0.25) is 0 Å². The molecule has 0 heterocycles. The Bertz CT molecular complexity index is 1660. The molecule has 2 aromatic carbocycles. The highest BCUT2D eigenvalue weighted by Gasteiger charge is 2.27. The highest BCUT2D eigenvalue weighted by Crippen LogP contribution is 2.34. The first-order valence-corrected chi connectivity index (χ1v) is 29.6. The lowest BCUT2D eigenvalue weighted by molar-refractivity contribution is -0.150. The van der Waals surface area contributed by atoms with Crippen molar-refractivity contribution in [3.05, 3.63) is 84.0 Å². The molecule has 0 amide bonds. The van der Waals surface area contributed by atoms with E-state index in [2.05, 4.69) is 52.0 Å². The predicted octanol–water partition coefficient (Wildman–Crippen LogP) is 18.3. The van der Waals surface area contributed by atoms with Gasteiger partial charge in [-0.2, -0.15) is 0 Å². The van der Waals surface area contributed by atoms with E-state index >= 15 is 0 Å². The highest BCUT2D eigenvalue weighted by atomic mass is 16.5. The van der Waals surface area contributed by atoms with Crippen molar-refractivity contribution in [3.63, 3.8) is 0 Å². The van der Waals surface area contributed by atoms with Gasteiger partial charge in [0.25, 0.3) is 0 Å². The van der Waals surface area contributed by atoms with Crippen LogP contribution in [-0.2, 0) is 34.1 Å². The first kappa shape index (κ1) is 64.9.